The van der Waals surface area contributed by atoms with E-state index >= 15 is 0 Å². The molecule has 0 fully saturated rings. The fraction of sp³-hybridized carbons (Fsp3) is 0.250. The molecule has 0 saturated carbocycles. The van der Waals surface area contributed by atoms with Gasteiger partial charge in [0.25, 0.3) is 0 Å². The summed E-state index contributed by atoms with van der Waals surface area (Å²) in [6, 6.07) is 7.54. The van der Waals surface area contributed by atoms with Crippen molar-refractivity contribution in [2.24, 2.45) is 0 Å². The number of ether oxygens (including phenoxy) is 1. The van der Waals surface area contributed by atoms with Crippen LogP contribution in [-0.2, 0) is 17.9 Å². The van der Waals surface area contributed by atoms with Gasteiger partial charge in [-0.05, 0) is 11.1 Å². The van der Waals surface area contributed by atoms with E-state index in [-0.39, 0.29) is 6.03 Å². The van der Waals surface area contributed by atoms with Crippen molar-refractivity contribution in [3.05, 3.63) is 41.6 Å². The minimum atomic E-state index is -0.279. The highest BCUT2D eigenvalue weighted by Gasteiger charge is 2.05. The topological polar surface area (TPSA) is 76.1 Å². The second-order valence-corrected chi connectivity index (χ2v) is 4.58. The first-order chi connectivity index (χ1) is 9.29. The van der Waals surface area contributed by atoms with E-state index in [2.05, 4.69) is 20.2 Å². The Bertz CT molecular complexity index is 530. The molecule has 1 heterocycles. The molecule has 0 saturated heterocycles. The Balaban J connectivity index is 1.89. The van der Waals surface area contributed by atoms with Crippen molar-refractivity contribution < 1.29 is 9.53 Å². The van der Waals surface area contributed by atoms with Crippen molar-refractivity contribution in [3.8, 4) is 0 Å². The molecule has 100 valence electrons. The number of carbonyl (C=O) groups is 1. The maximum Gasteiger partial charge on any atom is 0.320 e. The van der Waals surface area contributed by atoms with Crippen LogP contribution in [0.25, 0.3) is 0 Å². The minimum absolute atomic E-state index is 0.279. The average Bonchev–Trinajstić information content (AvgIpc) is 2.91. The number of rotatable bonds is 5. The number of carbonyl (C=O) groups excluding carboxylic acids is 1. The van der Waals surface area contributed by atoms with Gasteiger partial charge in [0.1, 0.15) is 5.00 Å². The number of anilines is 1. The summed E-state index contributed by atoms with van der Waals surface area (Å²) >= 11 is 1.13. The molecule has 19 heavy (non-hydrogen) atoms. The zero-order valence-corrected chi connectivity index (χ0v) is 11.2. The lowest BCUT2D eigenvalue weighted by atomic mass is 10.1. The van der Waals surface area contributed by atoms with Crippen LogP contribution >= 0.6 is 11.5 Å². The van der Waals surface area contributed by atoms with Crippen LogP contribution in [0.2, 0.25) is 0 Å². The van der Waals surface area contributed by atoms with E-state index in [1.54, 1.807) is 7.11 Å². The Kier molecular flexibility index (Phi) is 4.82. The van der Waals surface area contributed by atoms with Crippen LogP contribution in [0.15, 0.2) is 30.5 Å². The number of hydrogen-bond acceptors (Lipinski definition) is 5. The summed E-state index contributed by atoms with van der Waals surface area (Å²) in [5.74, 6) is 0. The lowest BCUT2D eigenvalue weighted by Gasteiger charge is -2.10. The zero-order valence-electron chi connectivity index (χ0n) is 10.4. The van der Waals surface area contributed by atoms with Gasteiger partial charge in [0.05, 0.1) is 12.8 Å². The molecule has 0 aliphatic carbocycles. The van der Waals surface area contributed by atoms with E-state index < -0.39 is 0 Å². The number of urea groups is 1. The summed E-state index contributed by atoms with van der Waals surface area (Å²) in [4.78, 5) is 11.7. The number of nitrogens with zero attached hydrogens (tertiary/aromatic N) is 2. The van der Waals surface area contributed by atoms with E-state index in [0.29, 0.717) is 18.2 Å². The van der Waals surface area contributed by atoms with Gasteiger partial charge in [0, 0.05) is 25.2 Å². The molecule has 0 atom stereocenters. The largest absolute Gasteiger partial charge is 0.380 e. The van der Waals surface area contributed by atoms with E-state index in [9.17, 15) is 4.79 Å². The van der Waals surface area contributed by atoms with Crippen LogP contribution in [-0.4, -0.2) is 22.7 Å². The second-order valence-electron chi connectivity index (χ2n) is 3.79. The van der Waals surface area contributed by atoms with Gasteiger partial charge in [-0.3, -0.25) is 5.32 Å². The molecule has 0 spiro atoms. The molecule has 0 bridgehead atoms. The van der Waals surface area contributed by atoms with Gasteiger partial charge in [-0.25, -0.2) is 4.79 Å². The van der Waals surface area contributed by atoms with E-state index in [1.165, 1.54) is 6.20 Å². The molecular formula is C12H14N4O2S. The molecule has 0 unspecified atom stereocenters. The summed E-state index contributed by atoms with van der Waals surface area (Å²) < 4.78 is 8.78. The summed E-state index contributed by atoms with van der Waals surface area (Å²) in [5.41, 5.74) is 2.09. The molecule has 2 rings (SSSR count). The fourth-order valence-electron chi connectivity index (χ4n) is 1.58. The number of amides is 2. The Hall–Kier alpha value is -1.99. The SMILES string of the molecule is COCc1ccccc1CNC(=O)Nc1cnns1. The van der Waals surface area contributed by atoms with Gasteiger partial charge in [0.2, 0.25) is 0 Å². The lowest BCUT2D eigenvalue weighted by Crippen LogP contribution is -2.28. The summed E-state index contributed by atoms with van der Waals surface area (Å²) in [6.07, 6.45) is 1.50. The van der Waals surface area contributed by atoms with Crippen molar-refractivity contribution in [1.29, 1.82) is 0 Å². The van der Waals surface area contributed by atoms with E-state index in [1.807, 2.05) is 24.3 Å². The normalized spacial score (nSPS) is 10.2. The van der Waals surface area contributed by atoms with Gasteiger partial charge in [-0.15, -0.1) is 5.10 Å². The number of aromatic nitrogens is 2. The van der Waals surface area contributed by atoms with Gasteiger partial charge >= 0.3 is 6.03 Å². The molecule has 0 aliphatic rings. The molecule has 1 aromatic heterocycles. The number of nitrogens with one attached hydrogen (secondary N) is 2. The summed E-state index contributed by atoms with van der Waals surface area (Å²) in [5, 5.41) is 9.69. The Morgan fingerprint density at radius 1 is 1.37 bits per heavy atom. The standard InChI is InChI=1S/C12H14N4O2S/c1-18-8-10-5-3-2-4-9(10)6-13-12(17)15-11-7-14-16-19-11/h2-5,7H,6,8H2,1H3,(H2,13,15,17). The molecule has 1 aromatic carbocycles. The van der Waals surface area contributed by atoms with Crippen molar-refractivity contribution in [2.75, 3.05) is 12.4 Å². The Morgan fingerprint density at radius 2 is 2.16 bits per heavy atom. The predicted molar refractivity (Wildman–Crippen MR) is 72.9 cm³/mol. The van der Waals surface area contributed by atoms with Gasteiger partial charge < -0.3 is 10.1 Å². The minimum Gasteiger partial charge on any atom is -0.380 e. The van der Waals surface area contributed by atoms with Crippen LogP contribution in [0.4, 0.5) is 9.80 Å². The van der Waals surface area contributed by atoms with Crippen LogP contribution in [0.3, 0.4) is 0 Å². The van der Waals surface area contributed by atoms with Crippen molar-refractivity contribution in [3.63, 3.8) is 0 Å². The third-order valence-electron chi connectivity index (χ3n) is 2.46. The first-order valence-electron chi connectivity index (χ1n) is 5.67. The zero-order chi connectivity index (χ0) is 13.5. The highest BCUT2D eigenvalue weighted by atomic mass is 32.1. The number of benzene rings is 1. The Labute approximate surface area is 115 Å². The molecule has 0 radical (unpaired) electrons. The summed E-state index contributed by atoms with van der Waals surface area (Å²) in [7, 11) is 1.65. The van der Waals surface area contributed by atoms with Gasteiger partial charge in [0.15, 0.2) is 0 Å². The first kappa shape index (κ1) is 13.4. The van der Waals surface area contributed by atoms with Gasteiger partial charge in [-0.2, -0.15) is 0 Å². The molecular weight excluding hydrogens is 264 g/mol. The van der Waals surface area contributed by atoms with E-state index in [0.717, 1.165) is 22.7 Å². The highest BCUT2D eigenvalue weighted by Crippen LogP contribution is 2.11. The molecule has 7 heteroatoms. The molecule has 6 nitrogen and oxygen atoms in total. The lowest BCUT2D eigenvalue weighted by molar-refractivity contribution is 0.184. The maximum absolute atomic E-state index is 11.7. The molecule has 2 aromatic rings. The van der Waals surface area contributed by atoms with Crippen LogP contribution in [0, 0.1) is 0 Å². The fourth-order valence-corrected chi connectivity index (χ4v) is 1.99. The van der Waals surface area contributed by atoms with Crippen LogP contribution < -0.4 is 10.6 Å². The highest BCUT2D eigenvalue weighted by molar-refractivity contribution is 7.10. The molecule has 2 amide bonds. The first-order valence-corrected chi connectivity index (χ1v) is 6.45. The van der Waals surface area contributed by atoms with Crippen molar-refractivity contribution >= 4 is 22.6 Å². The summed E-state index contributed by atoms with van der Waals surface area (Å²) in [6.45, 7) is 0.968. The van der Waals surface area contributed by atoms with Gasteiger partial charge in [-0.1, -0.05) is 28.8 Å². The van der Waals surface area contributed by atoms with Crippen molar-refractivity contribution in [2.45, 2.75) is 13.2 Å². The monoisotopic (exact) mass is 278 g/mol. The van der Waals surface area contributed by atoms with Crippen LogP contribution in [0.5, 0.6) is 0 Å². The van der Waals surface area contributed by atoms with Crippen molar-refractivity contribution in [1.82, 2.24) is 14.9 Å². The number of methoxy groups -OCH3 is 1. The van der Waals surface area contributed by atoms with Crippen LogP contribution in [0.1, 0.15) is 11.1 Å². The average molecular weight is 278 g/mol. The smallest absolute Gasteiger partial charge is 0.320 e. The van der Waals surface area contributed by atoms with E-state index in [4.69, 9.17) is 4.74 Å². The second kappa shape index (κ2) is 6.81. The molecule has 2 N–H and O–H groups in total. The maximum atomic E-state index is 11.7. The third-order valence-corrected chi connectivity index (χ3v) is 3.04. The quantitative estimate of drug-likeness (QED) is 0.877. The third kappa shape index (κ3) is 4.01. The number of hydrogen-bond donors (Lipinski definition) is 2. The molecule has 0 aliphatic heterocycles. The predicted octanol–water partition coefficient (Wildman–Crippen LogP) is 2.01. The Morgan fingerprint density at radius 3 is 2.84 bits per heavy atom.